The molecular formula is C57H38. The van der Waals surface area contributed by atoms with Crippen molar-refractivity contribution in [3.8, 4) is 33.4 Å². The molecule has 2 unspecified atom stereocenters. The van der Waals surface area contributed by atoms with E-state index in [2.05, 4.69) is 212 Å². The first-order chi connectivity index (χ1) is 28.3. The topological polar surface area (TPSA) is 0 Å². The molecule has 0 fully saturated rings. The molecule has 0 N–H and O–H groups in total. The van der Waals surface area contributed by atoms with Crippen molar-refractivity contribution in [1.29, 1.82) is 0 Å². The molecule has 0 bridgehead atoms. The van der Waals surface area contributed by atoms with Gasteiger partial charge in [-0.3, -0.25) is 0 Å². The average Bonchev–Trinajstić information content (AvgIpc) is 3.76. The minimum absolute atomic E-state index is 0.173. The summed E-state index contributed by atoms with van der Waals surface area (Å²) in [6, 6.07) is 79.8. The molecule has 57 heavy (non-hydrogen) atoms. The van der Waals surface area contributed by atoms with Crippen LogP contribution in [0.2, 0.25) is 0 Å². The molecule has 0 nitrogen and oxygen atoms in total. The van der Waals surface area contributed by atoms with Gasteiger partial charge in [0.15, 0.2) is 0 Å². The number of hydrogen-bond acceptors (Lipinski definition) is 0. The lowest BCUT2D eigenvalue weighted by Gasteiger charge is -2.33. The van der Waals surface area contributed by atoms with Gasteiger partial charge in [0.1, 0.15) is 0 Å². The van der Waals surface area contributed by atoms with Gasteiger partial charge < -0.3 is 0 Å². The molecule has 2 aliphatic rings. The molecule has 10 aromatic rings. The molecule has 2 aliphatic carbocycles. The van der Waals surface area contributed by atoms with E-state index < -0.39 is 5.41 Å². The highest BCUT2D eigenvalue weighted by Crippen LogP contribution is 2.64. The highest BCUT2D eigenvalue weighted by molar-refractivity contribution is 6.26. The molecule has 0 aromatic heterocycles. The van der Waals surface area contributed by atoms with Gasteiger partial charge in [0.25, 0.3) is 0 Å². The standard InChI is InChI=1S/C57H38/c1-3-16-37(17-4-1)38-30-32-40(33-31-38)49(39-18-5-2-6-19-39)34-41-20-15-27-48-46-25-11-13-28-53(46)57(56(41)48)54-29-14-12-26-47(54)52-35-50-44-23-9-7-21-42(44)43-22-8-10-24-45(43)51(50)36-55(52)57/h1-33,35-36,49H,34H2. The van der Waals surface area contributed by atoms with Crippen molar-refractivity contribution in [3.05, 3.63) is 251 Å². The second-order valence-corrected chi connectivity index (χ2v) is 15.9. The summed E-state index contributed by atoms with van der Waals surface area (Å²) in [7, 11) is 0. The van der Waals surface area contributed by atoms with Gasteiger partial charge in [0.2, 0.25) is 0 Å². The van der Waals surface area contributed by atoms with E-state index in [4.69, 9.17) is 0 Å². The second kappa shape index (κ2) is 12.5. The zero-order valence-electron chi connectivity index (χ0n) is 31.5. The van der Waals surface area contributed by atoms with Gasteiger partial charge in [-0.25, -0.2) is 0 Å². The SMILES string of the molecule is c1ccc(-c2ccc(C(Cc3cccc4c3C3(c5ccccc5-c5cc6c7ccccc7c7ccccc7c6cc53)c3ccccc3-4)c3ccccc3)cc2)cc1. The van der Waals surface area contributed by atoms with Crippen LogP contribution in [0.15, 0.2) is 212 Å². The predicted octanol–water partition coefficient (Wildman–Crippen LogP) is 14.5. The molecule has 1 spiro atoms. The molecule has 0 aliphatic heterocycles. The second-order valence-electron chi connectivity index (χ2n) is 15.9. The van der Waals surface area contributed by atoms with Gasteiger partial charge in [-0.1, -0.05) is 200 Å². The van der Waals surface area contributed by atoms with Crippen LogP contribution in [0.25, 0.3) is 65.7 Å². The molecule has 0 amide bonds. The number of rotatable bonds is 5. The van der Waals surface area contributed by atoms with Crippen LogP contribution in [0.4, 0.5) is 0 Å². The highest BCUT2D eigenvalue weighted by Gasteiger charge is 2.52. The molecule has 0 heteroatoms. The van der Waals surface area contributed by atoms with Crippen LogP contribution in [0.5, 0.6) is 0 Å². The van der Waals surface area contributed by atoms with Gasteiger partial charge in [-0.05, 0) is 123 Å². The minimum atomic E-state index is -0.464. The maximum Gasteiger partial charge on any atom is 0.0728 e. The van der Waals surface area contributed by atoms with E-state index in [0.717, 1.165) is 6.42 Å². The van der Waals surface area contributed by atoms with Crippen molar-refractivity contribution in [1.82, 2.24) is 0 Å². The third-order valence-electron chi connectivity index (χ3n) is 13.1. The monoisotopic (exact) mass is 722 g/mol. The van der Waals surface area contributed by atoms with E-state index in [0.29, 0.717) is 0 Å². The Bertz CT molecular complexity index is 3190. The van der Waals surface area contributed by atoms with Crippen molar-refractivity contribution in [2.45, 2.75) is 17.8 Å². The Labute approximate surface area is 333 Å². The van der Waals surface area contributed by atoms with Gasteiger partial charge in [-0.2, -0.15) is 0 Å². The predicted molar refractivity (Wildman–Crippen MR) is 239 cm³/mol. The largest absolute Gasteiger partial charge is 0.0728 e. The highest BCUT2D eigenvalue weighted by atomic mass is 14.5. The summed E-state index contributed by atoms with van der Waals surface area (Å²) in [4.78, 5) is 0. The summed E-state index contributed by atoms with van der Waals surface area (Å²) in [6.07, 6.45) is 0.881. The summed E-state index contributed by atoms with van der Waals surface area (Å²) in [6.45, 7) is 0. The maximum atomic E-state index is 2.58. The lowest BCUT2D eigenvalue weighted by Crippen LogP contribution is -2.27. The molecule has 0 radical (unpaired) electrons. The Morgan fingerprint density at radius 2 is 0.789 bits per heavy atom. The van der Waals surface area contributed by atoms with E-state index in [1.807, 2.05) is 0 Å². The molecule has 12 rings (SSSR count). The van der Waals surface area contributed by atoms with E-state index in [-0.39, 0.29) is 5.92 Å². The van der Waals surface area contributed by atoms with Gasteiger partial charge in [-0.15, -0.1) is 0 Å². The third-order valence-corrected chi connectivity index (χ3v) is 13.1. The van der Waals surface area contributed by atoms with Crippen molar-refractivity contribution < 1.29 is 0 Å². The fourth-order valence-electron chi connectivity index (χ4n) is 10.7. The van der Waals surface area contributed by atoms with E-state index in [1.165, 1.54) is 105 Å². The summed E-state index contributed by atoms with van der Waals surface area (Å²) < 4.78 is 0. The summed E-state index contributed by atoms with van der Waals surface area (Å²) in [5, 5.41) is 7.87. The molecule has 0 heterocycles. The van der Waals surface area contributed by atoms with Crippen LogP contribution in [0.1, 0.15) is 44.9 Å². The third kappa shape index (κ3) is 4.62. The molecular weight excluding hydrogens is 685 g/mol. The molecule has 0 saturated carbocycles. The van der Waals surface area contributed by atoms with Crippen molar-refractivity contribution in [2.24, 2.45) is 0 Å². The number of hydrogen-bond donors (Lipinski definition) is 0. The minimum Gasteiger partial charge on any atom is -0.0622 e. The van der Waals surface area contributed by atoms with E-state index >= 15 is 0 Å². The van der Waals surface area contributed by atoms with Crippen LogP contribution < -0.4 is 0 Å². The van der Waals surface area contributed by atoms with Crippen molar-refractivity contribution >= 4 is 32.3 Å². The molecule has 2 atom stereocenters. The van der Waals surface area contributed by atoms with Crippen LogP contribution in [-0.2, 0) is 11.8 Å². The Balaban J connectivity index is 1.13. The normalized spacial score (nSPS) is 15.4. The lowest BCUT2D eigenvalue weighted by atomic mass is 9.68. The van der Waals surface area contributed by atoms with Crippen molar-refractivity contribution in [3.63, 3.8) is 0 Å². The summed E-state index contributed by atoms with van der Waals surface area (Å²) in [5.74, 6) is 0.173. The van der Waals surface area contributed by atoms with Crippen LogP contribution >= 0.6 is 0 Å². The Hall–Kier alpha value is -7.02. The van der Waals surface area contributed by atoms with Crippen molar-refractivity contribution in [2.75, 3.05) is 0 Å². The quantitative estimate of drug-likeness (QED) is 0.155. The Morgan fingerprint density at radius 1 is 0.316 bits per heavy atom. The zero-order valence-corrected chi connectivity index (χ0v) is 31.5. The Kier molecular flexibility index (Phi) is 7.07. The van der Waals surface area contributed by atoms with E-state index in [1.54, 1.807) is 0 Å². The van der Waals surface area contributed by atoms with Crippen LogP contribution in [0.3, 0.4) is 0 Å². The molecule has 266 valence electrons. The smallest absolute Gasteiger partial charge is 0.0622 e. The first kappa shape index (κ1) is 32.2. The fourth-order valence-corrected chi connectivity index (χ4v) is 10.7. The van der Waals surface area contributed by atoms with E-state index in [9.17, 15) is 0 Å². The van der Waals surface area contributed by atoms with Gasteiger partial charge in [0.05, 0.1) is 5.41 Å². The fraction of sp³-hybridized carbons (Fsp3) is 0.0526. The molecule has 10 aromatic carbocycles. The summed E-state index contributed by atoms with van der Waals surface area (Å²) >= 11 is 0. The van der Waals surface area contributed by atoms with Gasteiger partial charge in [0, 0.05) is 5.92 Å². The average molecular weight is 723 g/mol. The Morgan fingerprint density at radius 3 is 1.44 bits per heavy atom. The molecule has 0 saturated heterocycles. The van der Waals surface area contributed by atoms with Gasteiger partial charge >= 0.3 is 0 Å². The zero-order chi connectivity index (χ0) is 37.5. The first-order valence-electron chi connectivity index (χ1n) is 20.2. The first-order valence-corrected chi connectivity index (χ1v) is 20.2. The van der Waals surface area contributed by atoms with Crippen LogP contribution in [-0.4, -0.2) is 0 Å². The number of benzene rings is 10. The lowest BCUT2D eigenvalue weighted by molar-refractivity contribution is 0.745. The van der Waals surface area contributed by atoms with Crippen LogP contribution in [0, 0.1) is 0 Å². The maximum absolute atomic E-state index is 2.58. The summed E-state index contributed by atoms with van der Waals surface area (Å²) in [5.41, 5.74) is 17.0. The number of fused-ring (bicyclic) bond motifs is 16.